The number of fused-ring (bicyclic) bond motifs is 1. The summed E-state index contributed by atoms with van der Waals surface area (Å²) in [6.07, 6.45) is 1.90. The molecule has 2 aromatic heterocycles. The summed E-state index contributed by atoms with van der Waals surface area (Å²) in [5, 5.41) is 14.4. The Balaban J connectivity index is 2.26. The monoisotopic (exact) mass is 325 g/mol. The molecule has 0 N–H and O–H groups in total. The maximum Gasteiger partial charge on any atom is 0.209 e. The molecule has 0 amide bonds. The zero-order valence-corrected chi connectivity index (χ0v) is 13.0. The van der Waals surface area contributed by atoms with Gasteiger partial charge in [0.15, 0.2) is 0 Å². The second kappa shape index (κ2) is 5.20. The number of thioether (sulfide) groups is 1. The smallest absolute Gasteiger partial charge is 0.209 e. The van der Waals surface area contributed by atoms with E-state index >= 15 is 0 Å². The molecule has 3 aromatic rings. The van der Waals surface area contributed by atoms with Gasteiger partial charge in [0.05, 0.1) is 16.4 Å². The lowest BCUT2D eigenvalue weighted by Gasteiger charge is -2.05. The van der Waals surface area contributed by atoms with Gasteiger partial charge in [0.1, 0.15) is 5.52 Å². The molecule has 102 valence electrons. The largest absolute Gasteiger partial charge is 0.216 e. The minimum absolute atomic E-state index is 0.498. The Kier molecular flexibility index (Phi) is 3.54. The molecule has 0 saturated carbocycles. The van der Waals surface area contributed by atoms with Gasteiger partial charge in [-0.3, -0.25) is 0 Å². The minimum atomic E-state index is 0.498. The molecular formula is C12H9Cl2N5S. The minimum Gasteiger partial charge on any atom is -0.216 e. The van der Waals surface area contributed by atoms with Crippen molar-refractivity contribution in [1.82, 2.24) is 25.0 Å². The van der Waals surface area contributed by atoms with Crippen LogP contribution in [-0.2, 0) is 0 Å². The summed E-state index contributed by atoms with van der Waals surface area (Å²) in [4.78, 5) is 4.42. The van der Waals surface area contributed by atoms with E-state index in [1.165, 1.54) is 11.8 Å². The zero-order valence-electron chi connectivity index (χ0n) is 10.6. The molecule has 8 heteroatoms. The van der Waals surface area contributed by atoms with Crippen LogP contribution in [0.1, 0.15) is 5.69 Å². The third kappa shape index (κ3) is 2.24. The number of aromatic nitrogens is 5. The molecule has 0 aliphatic heterocycles. The molecule has 0 fully saturated rings. The molecule has 2 heterocycles. The van der Waals surface area contributed by atoms with Crippen LogP contribution in [0.2, 0.25) is 10.0 Å². The topological polar surface area (TPSA) is 56.5 Å². The quantitative estimate of drug-likeness (QED) is 0.674. The van der Waals surface area contributed by atoms with E-state index < -0.39 is 0 Å². The first-order valence-corrected chi connectivity index (χ1v) is 7.67. The predicted molar refractivity (Wildman–Crippen MR) is 81.0 cm³/mol. The van der Waals surface area contributed by atoms with Crippen LogP contribution in [0.25, 0.3) is 16.9 Å². The molecule has 0 atom stereocenters. The molecule has 0 unspecified atom stereocenters. The van der Waals surface area contributed by atoms with Gasteiger partial charge in [0, 0.05) is 5.02 Å². The SMILES string of the molecule is CSc1nnc2c(n1)c(C)nn2-c1ccc(Cl)cc1Cl. The van der Waals surface area contributed by atoms with Gasteiger partial charge in [-0.05, 0) is 31.4 Å². The first-order valence-electron chi connectivity index (χ1n) is 5.69. The summed E-state index contributed by atoms with van der Waals surface area (Å²) in [5.74, 6) is 0. The van der Waals surface area contributed by atoms with Crippen LogP contribution in [-0.4, -0.2) is 31.2 Å². The summed E-state index contributed by atoms with van der Waals surface area (Å²) >= 11 is 13.6. The van der Waals surface area contributed by atoms with Crippen LogP contribution in [0.5, 0.6) is 0 Å². The number of benzene rings is 1. The highest BCUT2D eigenvalue weighted by Crippen LogP contribution is 2.27. The Labute approximate surface area is 129 Å². The second-order valence-electron chi connectivity index (χ2n) is 4.06. The van der Waals surface area contributed by atoms with E-state index in [4.69, 9.17) is 23.2 Å². The van der Waals surface area contributed by atoms with E-state index in [1.54, 1.807) is 22.9 Å². The van der Waals surface area contributed by atoms with E-state index in [-0.39, 0.29) is 0 Å². The van der Waals surface area contributed by atoms with Gasteiger partial charge < -0.3 is 0 Å². The van der Waals surface area contributed by atoms with E-state index in [2.05, 4.69) is 20.3 Å². The maximum absolute atomic E-state index is 6.21. The average molecular weight is 326 g/mol. The molecule has 0 spiro atoms. The summed E-state index contributed by atoms with van der Waals surface area (Å²) in [7, 11) is 0. The molecule has 1 aromatic carbocycles. The van der Waals surface area contributed by atoms with Crippen molar-refractivity contribution in [2.75, 3.05) is 6.26 Å². The summed E-state index contributed by atoms with van der Waals surface area (Å²) in [5.41, 5.74) is 2.76. The predicted octanol–water partition coefficient (Wildman–Crippen LogP) is 3.55. The normalized spacial score (nSPS) is 11.2. The summed E-state index contributed by atoms with van der Waals surface area (Å²) in [6.45, 7) is 1.88. The van der Waals surface area contributed by atoms with E-state index in [1.807, 2.05) is 13.2 Å². The number of hydrogen-bond donors (Lipinski definition) is 0. The summed E-state index contributed by atoms with van der Waals surface area (Å²) < 4.78 is 1.63. The first-order chi connectivity index (χ1) is 9.60. The van der Waals surface area contributed by atoms with E-state index in [9.17, 15) is 0 Å². The fourth-order valence-electron chi connectivity index (χ4n) is 1.84. The Hall–Kier alpha value is -1.37. The van der Waals surface area contributed by atoms with Crippen molar-refractivity contribution in [3.05, 3.63) is 33.9 Å². The zero-order chi connectivity index (χ0) is 14.3. The standard InChI is InChI=1S/C12H9Cl2N5S/c1-6-10-11(16-17-12(15-10)20-2)19(18-6)9-4-3-7(13)5-8(9)14/h3-5H,1-2H3. The number of halogens is 2. The van der Waals surface area contributed by atoms with Crippen molar-refractivity contribution in [3.63, 3.8) is 0 Å². The Morgan fingerprint density at radius 3 is 2.70 bits per heavy atom. The van der Waals surface area contributed by atoms with Crippen molar-refractivity contribution in [2.24, 2.45) is 0 Å². The van der Waals surface area contributed by atoms with Crippen molar-refractivity contribution in [1.29, 1.82) is 0 Å². The van der Waals surface area contributed by atoms with Gasteiger partial charge in [0.25, 0.3) is 0 Å². The Morgan fingerprint density at radius 2 is 2.00 bits per heavy atom. The lowest BCUT2D eigenvalue weighted by molar-refractivity contribution is 0.834. The fraction of sp³-hybridized carbons (Fsp3) is 0.167. The van der Waals surface area contributed by atoms with Crippen LogP contribution < -0.4 is 0 Å². The number of hydrogen-bond acceptors (Lipinski definition) is 5. The molecule has 0 saturated heterocycles. The molecule has 0 aliphatic carbocycles. The van der Waals surface area contributed by atoms with Crippen LogP contribution >= 0.6 is 35.0 Å². The fourth-order valence-corrected chi connectivity index (χ4v) is 2.64. The summed E-state index contributed by atoms with van der Waals surface area (Å²) in [6, 6.07) is 5.21. The van der Waals surface area contributed by atoms with Crippen molar-refractivity contribution in [2.45, 2.75) is 12.1 Å². The lowest BCUT2D eigenvalue weighted by Crippen LogP contribution is -2.00. The third-order valence-corrected chi connectivity index (χ3v) is 3.84. The molecule has 5 nitrogen and oxygen atoms in total. The first kappa shape index (κ1) is 13.6. The Bertz CT molecular complexity index is 802. The van der Waals surface area contributed by atoms with Gasteiger partial charge in [-0.1, -0.05) is 35.0 Å². The van der Waals surface area contributed by atoms with E-state index in [0.29, 0.717) is 26.5 Å². The molecule has 0 bridgehead atoms. The van der Waals surface area contributed by atoms with Crippen molar-refractivity contribution >= 4 is 46.1 Å². The second-order valence-corrected chi connectivity index (χ2v) is 5.68. The van der Waals surface area contributed by atoms with Crippen molar-refractivity contribution < 1.29 is 0 Å². The van der Waals surface area contributed by atoms with Gasteiger partial charge >= 0.3 is 0 Å². The number of rotatable bonds is 2. The molecule has 20 heavy (non-hydrogen) atoms. The van der Waals surface area contributed by atoms with Gasteiger partial charge in [-0.15, -0.1) is 10.2 Å². The number of nitrogens with zero attached hydrogens (tertiary/aromatic N) is 5. The average Bonchev–Trinajstić information content (AvgIpc) is 2.75. The molecule has 0 aliphatic rings. The third-order valence-electron chi connectivity index (χ3n) is 2.76. The van der Waals surface area contributed by atoms with Gasteiger partial charge in [0.2, 0.25) is 10.8 Å². The molecular weight excluding hydrogens is 317 g/mol. The molecule has 0 radical (unpaired) electrons. The van der Waals surface area contributed by atoms with Crippen LogP contribution in [0.3, 0.4) is 0 Å². The van der Waals surface area contributed by atoms with E-state index in [0.717, 1.165) is 11.2 Å². The van der Waals surface area contributed by atoms with Crippen LogP contribution in [0.15, 0.2) is 23.4 Å². The highest BCUT2D eigenvalue weighted by molar-refractivity contribution is 7.98. The van der Waals surface area contributed by atoms with Gasteiger partial charge in [-0.25, -0.2) is 9.67 Å². The Morgan fingerprint density at radius 1 is 1.20 bits per heavy atom. The van der Waals surface area contributed by atoms with Crippen molar-refractivity contribution in [3.8, 4) is 5.69 Å². The van der Waals surface area contributed by atoms with Crippen LogP contribution in [0, 0.1) is 6.92 Å². The van der Waals surface area contributed by atoms with Crippen LogP contribution in [0.4, 0.5) is 0 Å². The highest BCUT2D eigenvalue weighted by atomic mass is 35.5. The highest BCUT2D eigenvalue weighted by Gasteiger charge is 2.15. The van der Waals surface area contributed by atoms with Gasteiger partial charge in [-0.2, -0.15) is 5.10 Å². The molecule has 3 rings (SSSR count). The lowest BCUT2D eigenvalue weighted by atomic mass is 10.3. The number of aryl methyl sites for hydroxylation is 1. The maximum atomic E-state index is 6.21.